The van der Waals surface area contributed by atoms with E-state index in [9.17, 15) is 5.11 Å². The quantitative estimate of drug-likeness (QED) is 0.852. The van der Waals surface area contributed by atoms with Gasteiger partial charge in [0, 0.05) is 15.5 Å². The Morgan fingerprint density at radius 2 is 2.07 bits per heavy atom. The number of halogens is 1. The van der Waals surface area contributed by atoms with Gasteiger partial charge < -0.3 is 5.11 Å². The lowest BCUT2D eigenvalue weighted by Crippen LogP contribution is -2.33. The van der Waals surface area contributed by atoms with Gasteiger partial charge in [-0.15, -0.1) is 0 Å². The van der Waals surface area contributed by atoms with Gasteiger partial charge in [-0.05, 0) is 30.5 Å². The third-order valence-corrected chi connectivity index (χ3v) is 4.93. The second-order valence-corrected chi connectivity index (χ2v) is 6.54. The van der Waals surface area contributed by atoms with E-state index < -0.39 is 5.60 Å². The van der Waals surface area contributed by atoms with E-state index in [0.29, 0.717) is 5.25 Å². The highest BCUT2D eigenvalue weighted by molar-refractivity contribution is 9.10. The molecule has 0 radical (unpaired) electrons. The van der Waals surface area contributed by atoms with E-state index in [-0.39, 0.29) is 0 Å². The first-order chi connectivity index (χ1) is 7.10. The Balaban J connectivity index is 2.18. The maximum atomic E-state index is 10.5. The van der Waals surface area contributed by atoms with Gasteiger partial charge in [-0.3, -0.25) is 0 Å². The number of benzene rings is 1. The highest BCUT2D eigenvalue weighted by Crippen LogP contribution is 2.38. The van der Waals surface area contributed by atoms with Gasteiger partial charge >= 0.3 is 0 Å². The van der Waals surface area contributed by atoms with Crippen LogP contribution in [0.4, 0.5) is 0 Å². The van der Waals surface area contributed by atoms with Crippen molar-refractivity contribution in [1.82, 2.24) is 0 Å². The van der Waals surface area contributed by atoms with E-state index in [4.69, 9.17) is 0 Å². The van der Waals surface area contributed by atoms with Crippen molar-refractivity contribution in [3.63, 3.8) is 0 Å². The lowest BCUT2D eigenvalue weighted by molar-refractivity contribution is 0.0471. The minimum absolute atomic E-state index is 0.613. The van der Waals surface area contributed by atoms with Crippen molar-refractivity contribution in [2.45, 2.75) is 30.6 Å². The zero-order chi connectivity index (χ0) is 10.9. The summed E-state index contributed by atoms with van der Waals surface area (Å²) in [5.74, 6) is 0.815. The van der Waals surface area contributed by atoms with E-state index in [0.717, 1.165) is 28.6 Å². The molecular formula is C12H15BrOS. The Kier molecular flexibility index (Phi) is 3.43. The van der Waals surface area contributed by atoms with Crippen molar-refractivity contribution >= 4 is 27.7 Å². The summed E-state index contributed by atoms with van der Waals surface area (Å²) < 4.78 is 1.06. The summed E-state index contributed by atoms with van der Waals surface area (Å²) in [5.41, 5.74) is 0.433. The van der Waals surface area contributed by atoms with Gasteiger partial charge in [0.2, 0.25) is 0 Å². The fourth-order valence-electron chi connectivity index (χ4n) is 1.87. The maximum Gasteiger partial charge on any atom is 0.0987 e. The van der Waals surface area contributed by atoms with E-state index >= 15 is 0 Å². The first-order valence-electron chi connectivity index (χ1n) is 5.20. The minimum Gasteiger partial charge on any atom is -0.384 e. The molecule has 0 spiro atoms. The Morgan fingerprint density at radius 3 is 2.60 bits per heavy atom. The molecule has 0 bridgehead atoms. The number of hydrogen-bond donors (Lipinski definition) is 1. The van der Waals surface area contributed by atoms with Crippen LogP contribution in [0.3, 0.4) is 0 Å². The SMILES string of the molecule is C[C@H]1CC[C@@](O)(c2ccc(Br)cc2)CS1. The molecule has 82 valence electrons. The second-order valence-electron chi connectivity index (χ2n) is 4.20. The molecule has 1 aliphatic heterocycles. The smallest absolute Gasteiger partial charge is 0.0987 e. The zero-order valence-corrected chi connectivity index (χ0v) is 11.1. The molecule has 2 rings (SSSR count). The lowest BCUT2D eigenvalue weighted by atomic mass is 9.90. The van der Waals surface area contributed by atoms with E-state index in [2.05, 4.69) is 22.9 Å². The van der Waals surface area contributed by atoms with E-state index in [1.807, 2.05) is 36.0 Å². The average molecular weight is 287 g/mol. The molecule has 1 aromatic rings. The van der Waals surface area contributed by atoms with Gasteiger partial charge in [0.1, 0.15) is 0 Å². The van der Waals surface area contributed by atoms with Crippen molar-refractivity contribution in [3.8, 4) is 0 Å². The molecule has 1 heterocycles. The Morgan fingerprint density at radius 1 is 1.40 bits per heavy atom. The van der Waals surface area contributed by atoms with Gasteiger partial charge in [0.25, 0.3) is 0 Å². The van der Waals surface area contributed by atoms with Crippen LogP contribution in [0.2, 0.25) is 0 Å². The minimum atomic E-state index is -0.613. The largest absolute Gasteiger partial charge is 0.384 e. The van der Waals surface area contributed by atoms with Crippen LogP contribution in [-0.2, 0) is 5.60 Å². The van der Waals surface area contributed by atoms with Crippen LogP contribution in [0.15, 0.2) is 28.7 Å². The van der Waals surface area contributed by atoms with Crippen molar-refractivity contribution in [2.75, 3.05) is 5.75 Å². The first-order valence-corrected chi connectivity index (χ1v) is 7.04. The van der Waals surface area contributed by atoms with Crippen LogP contribution in [-0.4, -0.2) is 16.1 Å². The van der Waals surface area contributed by atoms with Gasteiger partial charge in [-0.25, -0.2) is 0 Å². The summed E-state index contributed by atoms with van der Waals surface area (Å²) in [5, 5.41) is 11.2. The van der Waals surface area contributed by atoms with Crippen LogP contribution in [0.1, 0.15) is 25.3 Å². The molecule has 0 amide bonds. The highest BCUT2D eigenvalue weighted by Gasteiger charge is 2.33. The summed E-state index contributed by atoms with van der Waals surface area (Å²) in [6.45, 7) is 2.23. The molecule has 15 heavy (non-hydrogen) atoms. The average Bonchev–Trinajstić information content (AvgIpc) is 2.24. The van der Waals surface area contributed by atoms with Crippen LogP contribution in [0.5, 0.6) is 0 Å². The highest BCUT2D eigenvalue weighted by atomic mass is 79.9. The first kappa shape index (κ1) is 11.5. The summed E-state index contributed by atoms with van der Waals surface area (Å²) in [6.07, 6.45) is 1.97. The van der Waals surface area contributed by atoms with Gasteiger partial charge in [0.05, 0.1) is 5.60 Å². The van der Waals surface area contributed by atoms with Gasteiger partial charge in [0.15, 0.2) is 0 Å². The van der Waals surface area contributed by atoms with Crippen molar-refractivity contribution in [2.24, 2.45) is 0 Å². The van der Waals surface area contributed by atoms with Gasteiger partial charge in [-0.1, -0.05) is 35.0 Å². The standard InChI is InChI=1S/C12H15BrOS/c1-9-6-7-12(14,8-15-9)10-2-4-11(13)5-3-10/h2-5,9,14H,6-8H2,1H3/t9-,12-/m0/s1. The zero-order valence-electron chi connectivity index (χ0n) is 8.74. The van der Waals surface area contributed by atoms with Crippen LogP contribution >= 0.6 is 27.7 Å². The predicted molar refractivity (Wildman–Crippen MR) is 69.2 cm³/mol. The van der Waals surface area contributed by atoms with Crippen molar-refractivity contribution < 1.29 is 5.11 Å². The molecule has 0 aromatic heterocycles. The molecule has 1 aliphatic rings. The number of hydrogen-bond acceptors (Lipinski definition) is 2. The van der Waals surface area contributed by atoms with Crippen LogP contribution in [0, 0.1) is 0 Å². The van der Waals surface area contributed by atoms with Crippen molar-refractivity contribution in [1.29, 1.82) is 0 Å². The fraction of sp³-hybridized carbons (Fsp3) is 0.500. The predicted octanol–water partition coefficient (Wildman–Crippen LogP) is 3.55. The normalized spacial score (nSPS) is 31.5. The Bertz CT molecular complexity index is 328. The molecule has 2 atom stereocenters. The molecule has 1 N–H and O–H groups in total. The number of rotatable bonds is 1. The molecule has 0 unspecified atom stereocenters. The molecule has 0 saturated carbocycles. The summed E-state index contributed by atoms with van der Waals surface area (Å²) in [7, 11) is 0. The summed E-state index contributed by atoms with van der Waals surface area (Å²) >= 11 is 5.27. The topological polar surface area (TPSA) is 20.2 Å². The Labute approximate surface area is 103 Å². The summed E-state index contributed by atoms with van der Waals surface area (Å²) in [4.78, 5) is 0. The molecule has 3 heteroatoms. The summed E-state index contributed by atoms with van der Waals surface area (Å²) in [6, 6.07) is 8.02. The van der Waals surface area contributed by atoms with Crippen LogP contribution in [0.25, 0.3) is 0 Å². The third-order valence-electron chi connectivity index (χ3n) is 2.95. The van der Waals surface area contributed by atoms with E-state index in [1.165, 1.54) is 0 Å². The Hall–Kier alpha value is 0.01000. The molecule has 1 fully saturated rings. The lowest BCUT2D eigenvalue weighted by Gasteiger charge is -2.34. The monoisotopic (exact) mass is 286 g/mol. The molecular weight excluding hydrogens is 272 g/mol. The molecule has 1 aromatic carbocycles. The maximum absolute atomic E-state index is 10.5. The van der Waals surface area contributed by atoms with E-state index in [1.54, 1.807) is 0 Å². The number of aliphatic hydroxyl groups is 1. The van der Waals surface area contributed by atoms with Gasteiger partial charge in [-0.2, -0.15) is 11.8 Å². The second kappa shape index (κ2) is 4.48. The fourth-order valence-corrected chi connectivity index (χ4v) is 3.29. The number of thioether (sulfide) groups is 1. The third kappa shape index (κ3) is 2.58. The molecule has 1 saturated heterocycles. The van der Waals surface area contributed by atoms with Crippen molar-refractivity contribution in [3.05, 3.63) is 34.3 Å². The molecule has 1 nitrogen and oxygen atoms in total. The molecule has 0 aliphatic carbocycles. The van der Waals surface area contributed by atoms with Crippen LogP contribution < -0.4 is 0 Å².